The average molecular weight is 485 g/mol. The molecule has 0 aromatic heterocycles. The summed E-state index contributed by atoms with van der Waals surface area (Å²) in [6.07, 6.45) is 3.18. The van der Waals surface area contributed by atoms with Crippen molar-refractivity contribution in [2.45, 2.75) is 84.1 Å². The summed E-state index contributed by atoms with van der Waals surface area (Å²) >= 11 is 0. The van der Waals surface area contributed by atoms with E-state index >= 15 is 0 Å². The minimum absolute atomic E-state index is 0.0215. The van der Waals surface area contributed by atoms with Gasteiger partial charge in [0, 0.05) is 19.6 Å². The fourth-order valence-corrected chi connectivity index (χ4v) is 3.34. The second-order valence-corrected chi connectivity index (χ2v) is 8.83. The Bertz CT molecular complexity index is 693. The van der Waals surface area contributed by atoms with E-state index in [9.17, 15) is 14.4 Å². The molecule has 3 N–H and O–H groups in total. The summed E-state index contributed by atoms with van der Waals surface area (Å²) in [6, 6.07) is -0.450. The van der Waals surface area contributed by atoms with Crippen LogP contribution >= 0.6 is 0 Å². The number of esters is 1. The molecule has 1 heterocycles. The van der Waals surface area contributed by atoms with Crippen LogP contribution in [0.5, 0.6) is 0 Å². The topological polar surface area (TPSA) is 139 Å². The van der Waals surface area contributed by atoms with Gasteiger partial charge in [0.25, 0.3) is 0 Å². The molecular formula is C23H40N4O7. The fraction of sp³-hybridized carbons (Fsp3) is 0.739. The number of alkyl carbamates (subject to hydrolysis) is 2. The van der Waals surface area contributed by atoms with Gasteiger partial charge in [-0.3, -0.25) is 15.5 Å². The van der Waals surface area contributed by atoms with Gasteiger partial charge in [0.05, 0.1) is 12.6 Å². The number of hydrogen-bond donors (Lipinski definition) is 3. The number of piperidine rings is 1. The van der Waals surface area contributed by atoms with Crippen molar-refractivity contribution in [3.63, 3.8) is 0 Å². The molecule has 1 saturated heterocycles. The molecule has 0 aliphatic carbocycles. The summed E-state index contributed by atoms with van der Waals surface area (Å²) in [7, 11) is 0. The maximum Gasteiger partial charge on any atom is 0.414 e. The van der Waals surface area contributed by atoms with E-state index in [1.807, 2.05) is 0 Å². The third-order valence-electron chi connectivity index (χ3n) is 4.73. The molecule has 0 aromatic rings. The molecule has 1 aliphatic heterocycles. The first-order chi connectivity index (χ1) is 16.1. The third-order valence-corrected chi connectivity index (χ3v) is 4.73. The van der Waals surface area contributed by atoms with Crippen molar-refractivity contribution >= 4 is 24.1 Å². The van der Waals surface area contributed by atoms with Gasteiger partial charge in [0.15, 0.2) is 6.23 Å². The number of rotatable bonds is 11. The van der Waals surface area contributed by atoms with Crippen LogP contribution in [0, 0.1) is 5.41 Å². The van der Waals surface area contributed by atoms with Gasteiger partial charge in [-0.25, -0.2) is 9.59 Å². The van der Waals surface area contributed by atoms with E-state index in [2.05, 4.69) is 17.2 Å². The normalized spacial score (nSPS) is 17.9. The van der Waals surface area contributed by atoms with Crippen LogP contribution in [0.15, 0.2) is 12.7 Å². The molecule has 1 aliphatic rings. The number of ether oxygens (including phenoxy) is 4. The van der Waals surface area contributed by atoms with Crippen LogP contribution in [0.25, 0.3) is 0 Å². The maximum atomic E-state index is 12.4. The van der Waals surface area contributed by atoms with Gasteiger partial charge in [-0.15, -0.1) is 0 Å². The maximum absolute atomic E-state index is 12.4. The molecule has 1 rings (SSSR count). The minimum atomic E-state index is -0.773. The Morgan fingerprint density at radius 1 is 1.15 bits per heavy atom. The summed E-state index contributed by atoms with van der Waals surface area (Å²) in [5.41, 5.74) is -0.656. The lowest BCUT2D eigenvalue weighted by molar-refractivity contribution is -0.143. The van der Waals surface area contributed by atoms with Crippen molar-refractivity contribution in [1.29, 1.82) is 5.41 Å². The van der Waals surface area contributed by atoms with Gasteiger partial charge in [0.1, 0.15) is 12.2 Å². The lowest BCUT2D eigenvalue weighted by atomic mass is 10.0. The molecular weight excluding hydrogens is 444 g/mol. The van der Waals surface area contributed by atoms with Crippen LogP contribution in [0.3, 0.4) is 0 Å². The molecule has 194 valence electrons. The number of likely N-dealkylation sites (tertiary alicyclic amines) is 1. The monoisotopic (exact) mass is 484 g/mol. The molecule has 0 radical (unpaired) electrons. The van der Waals surface area contributed by atoms with Crippen LogP contribution in [-0.2, 0) is 23.7 Å². The molecule has 0 saturated carbocycles. The van der Waals surface area contributed by atoms with E-state index in [1.54, 1.807) is 32.6 Å². The standard InChI is InChI=1S/C23H40N4O7/c1-6-15-33-21(29)26-20(24)27-14-11-12-17(25-22(30)34-23(3,4)5)19(27)32-16-10-8-9-13-18(28)31-7-2/h6,17,19H,1,7-16H2,2-5H3,(H,25,30)(H2,24,26,29)/t17-,19?/m0/s1. The van der Waals surface area contributed by atoms with E-state index < -0.39 is 30.1 Å². The van der Waals surface area contributed by atoms with Gasteiger partial charge >= 0.3 is 18.2 Å². The van der Waals surface area contributed by atoms with Gasteiger partial charge in [-0.05, 0) is 53.4 Å². The smallest absolute Gasteiger partial charge is 0.414 e. The highest BCUT2D eigenvalue weighted by Crippen LogP contribution is 2.20. The quantitative estimate of drug-likeness (QED) is 0.101. The third kappa shape index (κ3) is 11.9. The number of unbranched alkanes of at least 4 members (excludes halogenated alkanes) is 2. The first-order valence-electron chi connectivity index (χ1n) is 11.7. The molecule has 11 nitrogen and oxygen atoms in total. The summed E-state index contributed by atoms with van der Waals surface area (Å²) < 4.78 is 21.3. The molecule has 2 amide bonds. The van der Waals surface area contributed by atoms with Crippen LogP contribution in [0.1, 0.15) is 66.2 Å². The Labute approximate surface area is 202 Å². The number of carbonyl (C=O) groups is 3. The number of hydrogen-bond acceptors (Lipinski definition) is 8. The number of guanidine groups is 1. The molecule has 34 heavy (non-hydrogen) atoms. The van der Waals surface area contributed by atoms with Crippen LogP contribution < -0.4 is 10.6 Å². The highest BCUT2D eigenvalue weighted by Gasteiger charge is 2.36. The summed E-state index contributed by atoms with van der Waals surface area (Å²) in [5, 5.41) is 13.6. The van der Waals surface area contributed by atoms with Crippen molar-refractivity contribution in [2.75, 3.05) is 26.4 Å². The Morgan fingerprint density at radius 3 is 2.53 bits per heavy atom. The Balaban J connectivity index is 2.74. The minimum Gasteiger partial charge on any atom is -0.466 e. The van der Waals surface area contributed by atoms with E-state index in [-0.39, 0.29) is 18.5 Å². The first kappa shape index (κ1) is 29.2. The van der Waals surface area contributed by atoms with Crippen molar-refractivity contribution in [2.24, 2.45) is 0 Å². The lowest BCUT2D eigenvalue weighted by Gasteiger charge is -2.42. The van der Waals surface area contributed by atoms with E-state index in [4.69, 9.17) is 24.4 Å². The number of carbonyl (C=O) groups excluding carboxylic acids is 3. The Morgan fingerprint density at radius 2 is 1.88 bits per heavy atom. The molecule has 2 atom stereocenters. The molecule has 1 unspecified atom stereocenters. The molecule has 1 fully saturated rings. The first-order valence-corrected chi connectivity index (χ1v) is 11.7. The molecule has 11 heteroatoms. The summed E-state index contributed by atoms with van der Waals surface area (Å²) in [4.78, 5) is 37.3. The van der Waals surface area contributed by atoms with E-state index in [0.29, 0.717) is 51.9 Å². The zero-order valence-electron chi connectivity index (χ0n) is 20.8. The average Bonchev–Trinajstić information content (AvgIpc) is 2.74. The van der Waals surface area contributed by atoms with Gasteiger partial charge in [-0.2, -0.15) is 0 Å². The zero-order valence-corrected chi connectivity index (χ0v) is 20.8. The highest BCUT2D eigenvalue weighted by atomic mass is 16.6. The van der Waals surface area contributed by atoms with E-state index in [0.717, 1.165) is 6.42 Å². The zero-order chi connectivity index (χ0) is 25.6. The summed E-state index contributed by atoms with van der Waals surface area (Å²) in [5.74, 6) is -0.400. The van der Waals surface area contributed by atoms with Crippen molar-refractivity contribution in [1.82, 2.24) is 15.5 Å². The Hall–Kier alpha value is -2.82. The highest BCUT2D eigenvalue weighted by molar-refractivity contribution is 5.92. The van der Waals surface area contributed by atoms with Gasteiger partial charge in [0.2, 0.25) is 5.96 Å². The Kier molecular flexibility index (Phi) is 13.0. The molecule has 0 bridgehead atoms. The number of nitrogens with zero attached hydrogens (tertiary/aromatic N) is 1. The van der Waals surface area contributed by atoms with Crippen molar-refractivity contribution in [3.05, 3.63) is 12.7 Å². The number of nitrogens with one attached hydrogen (secondary N) is 3. The fourth-order valence-electron chi connectivity index (χ4n) is 3.34. The lowest BCUT2D eigenvalue weighted by Crippen LogP contribution is -2.61. The van der Waals surface area contributed by atoms with Crippen LogP contribution in [0.4, 0.5) is 9.59 Å². The van der Waals surface area contributed by atoms with Crippen molar-refractivity contribution in [3.8, 4) is 0 Å². The van der Waals surface area contributed by atoms with Crippen LogP contribution in [0.2, 0.25) is 0 Å². The predicted molar refractivity (Wildman–Crippen MR) is 126 cm³/mol. The molecule has 0 spiro atoms. The number of amides is 2. The second kappa shape index (κ2) is 15.2. The van der Waals surface area contributed by atoms with Gasteiger partial charge in [-0.1, -0.05) is 19.1 Å². The van der Waals surface area contributed by atoms with Crippen molar-refractivity contribution < 1.29 is 33.3 Å². The molecule has 0 aromatic carbocycles. The largest absolute Gasteiger partial charge is 0.466 e. The van der Waals surface area contributed by atoms with E-state index in [1.165, 1.54) is 6.08 Å². The van der Waals surface area contributed by atoms with Crippen LogP contribution in [-0.4, -0.2) is 73.3 Å². The predicted octanol–water partition coefficient (Wildman–Crippen LogP) is 3.29. The summed E-state index contributed by atoms with van der Waals surface area (Å²) in [6.45, 7) is 11.8. The van der Waals surface area contributed by atoms with Gasteiger partial charge < -0.3 is 29.2 Å². The SMILES string of the molecule is C=CCOC(=O)NC(=N)N1CCC[C@H](NC(=O)OC(C)(C)C)C1OCCCCCC(=O)OCC. The second-order valence-electron chi connectivity index (χ2n) is 8.83.